The molecule has 2 aliphatic heterocycles. The minimum atomic E-state index is -0.608. The van der Waals surface area contributed by atoms with Crippen LogP contribution in [0.5, 0.6) is 11.5 Å². The standard InChI is InChI=1S/C28H40O5/c29-23-14-11-15-26-28(23)24(30)19-22(33-26)13-10-8-6-4-2-1-3-5-7-9-12-21-16-17-25-27(18-21)32-20-31-25/h16-18,22,24,30H,1-15,19-20H2/t22-,24+/m0/s1. The molecule has 0 saturated carbocycles. The number of fused-ring (bicyclic) bond motifs is 1. The summed E-state index contributed by atoms with van der Waals surface area (Å²) in [5, 5.41) is 10.3. The highest BCUT2D eigenvalue weighted by Gasteiger charge is 2.34. The van der Waals surface area contributed by atoms with Crippen LogP contribution in [0.25, 0.3) is 0 Å². The second kappa shape index (κ2) is 12.5. The van der Waals surface area contributed by atoms with E-state index in [1.165, 1.54) is 63.4 Å². The normalized spacial score (nSPS) is 21.8. The van der Waals surface area contributed by atoms with Gasteiger partial charge in [-0.15, -0.1) is 0 Å². The lowest BCUT2D eigenvalue weighted by atomic mass is 9.87. The number of hydrogen-bond donors (Lipinski definition) is 1. The summed E-state index contributed by atoms with van der Waals surface area (Å²) in [5.74, 6) is 2.63. The molecule has 5 heteroatoms. The van der Waals surface area contributed by atoms with E-state index in [0.29, 0.717) is 25.2 Å². The molecule has 2 heterocycles. The number of hydrogen-bond acceptors (Lipinski definition) is 5. The van der Waals surface area contributed by atoms with Crippen molar-refractivity contribution in [2.75, 3.05) is 6.79 Å². The van der Waals surface area contributed by atoms with E-state index >= 15 is 0 Å². The first-order valence-corrected chi connectivity index (χ1v) is 13.2. The van der Waals surface area contributed by atoms with Crippen LogP contribution in [-0.2, 0) is 16.0 Å². The predicted molar refractivity (Wildman–Crippen MR) is 128 cm³/mol. The van der Waals surface area contributed by atoms with Crippen LogP contribution in [0.1, 0.15) is 102 Å². The Kier molecular flexibility index (Phi) is 9.10. The summed E-state index contributed by atoms with van der Waals surface area (Å²) in [6.45, 7) is 0.347. The fourth-order valence-electron chi connectivity index (χ4n) is 5.33. The third-order valence-corrected chi connectivity index (χ3v) is 7.22. The molecule has 5 nitrogen and oxygen atoms in total. The SMILES string of the molecule is O=C1CCCC2=C1[C@H](O)C[C@H](CCCCCCCCCCCCc1ccc3c(c1)OCO3)O2. The van der Waals surface area contributed by atoms with Gasteiger partial charge in [-0.05, 0) is 49.8 Å². The molecule has 4 rings (SSSR count). The third kappa shape index (κ3) is 6.99. The Morgan fingerprint density at radius 3 is 2.33 bits per heavy atom. The quantitative estimate of drug-likeness (QED) is 0.348. The van der Waals surface area contributed by atoms with Crippen LogP contribution in [0.2, 0.25) is 0 Å². The van der Waals surface area contributed by atoms with E-state index < -0.39 is 6.10 Å². The molecule has 1 aliphatic carbocycles. The molecular formula is C28H40O5. The number of rotatable bonds is 13. The van der Waals surface area contributed by atoms with E-state index in [2.05, 4.69) is 12.1 Å². The highest BCUT2D eigenvalue weighted by Crippen LogP contribution is 2.35. The second-order valence-electron chi connectivity index (χ2n) is 9.87. The van der Waals surface area contributed by atoms with Gasteiger partial charge in [-0.3, -0.25) is 4.79 Å². The van der Waals surface area contributed by atoms with Crippen molar-refractivity contribution in [2.24, 2.45) is 0 Å². The molecule has 182 valence electrons. The van der Waals surface area contributed by atoms with E-state index in [0.717, 1.165) is 49.4 Å². The largest absolute Gasteiger partial charge is 0.494 e. The third-order valence-electron chi connectivity index (χ3n) is 7.22. The average molecular weight is 457 g/mol. The number of Topliss-reactive ketones (excluding diaryl/α,β-unsaturated/α-hetero) is 1. The summed E-state index contributed by atoms with van der Waals surface area (Å²) >= 11 is 0. The molecule has 2 atom stereocenters. The number of unbranched alkanes of at least 4 members (excludes halogenated alkanes) is 9. The summed E-state index contributed by atoms with van der Waals surface area (Å²) < 4.78 is 16.9. The van der Waals surface area contributed by atoms with Crippen LogP contribution >= 0.6 is 0 Å². The van der Waals surface area contributed by atoms with Crippen molar-refractivity contribution in [1.29, 1.82) is 0 Å². The molecule has 0 radical (unpaired) electrons. The number of ether oxygens (including phenoxy) is 3. The summed E-state index contributed by atoms with van der Waals surface area (Å²) in [6, 6.07) is 6.30. The molecule has 0 fully saturated rings. The van der Waals surface area contributed by atoms with Gasteiger partial charge in [0.05, 0.1) is 11.7 Å². The molecule has 0 saturated heterocycles. The number of benzene rings is 1. The van der Waals surface area contributed by atoms with E-state index in [9.17, 15) is 9.90 Å². The minimum absolute atomic E-state index is 0.0855. The van der Waals surface area contributed by atoms with Crippen molar-refractivity contribution in [3.05, 3.63) is 35.1 Å². The van der Waals surface area contributed by atoms with Crippen LogP contribution in [0, 0.1) is 0 Å². The molecule has 0 bridgehead atoms. The van der Waals surface area contributed by atoms with Gasteiger partial charge < -0.3 is 19.3 Å². The highest BCUT2D eigenvalue weighted by molar-refractivity contribution is 5.97. The number of carbonyl (C=O) groups excluding carboxylic acids is 1. The smallest absolute Gasteiger partial charge is 0.231 e. The van der Waals surface area contributed by atoms with Crippen LogP contribution < -0.4 is 9.47 Å². The lowest BCUT2D eigenvalue weighted by molar-refractivity contribution is -0.119. The number of aliphatic hydroxyl groups is 1. The summed E-state index contributed by atoms with van der Waals surface area (Å²) in [4.78, 5) is 12.0. The Hall–Kier alpha value is -2.01. The first-order chi connectivity index (χ1) is 16.2. The number of carbonyl (C=O) groups is 1. The zero-order chi connectivity index (χ0) is 22.9. The maximum absolute atomic E-state index is 12.0. The fraction of sp³-hybridized carbons (Fsp3) is 0.679. The minimum Gasteiger partial charge on any atom is -0.494 e. The van der Waals surface area contributed by atoms with Crippen molar-refractivity contribution in [3.8, 4) is 11.5 Å². The van der Waals surface area contributed by atoms with Gasteiger partial charge in [0.2, 0.25) is 6.79 Å². The van der Waals surface area contributed by atoms with Crippen LogP contribution in [0.3, 0.4) is 0 Å². The van der Waals surface area contributed by atoms with Gasteiger partial charge in [0, 0.05) is 19.3 Å². The Morgan fingerprint density at radius 2 is 1.55 bits per heavy atom. The Balaban J connectivity index is 0.964. The van der Waals surface area contributed by atoms with Gasteiger partial charge in [0.25, 0.3) is 0 Å². The first kappa shape index (κ1) is 24.1. The van der Waals surface area contributed by atoms with Gasteiger partial charge in [-0.1, -0.05) is 57.4 Å². The molecule has 3 aliphatic rings. The van der Waals surface area contributed by atoms with Crippen molar-refractivity contribution < 1.29 is 24.1 Å². The Morgan fingerprint density at radius 1 is 0.848 bits per heavy atom. The van der Waals surface area contributed by atoms with Crippen molar-refractivity contribution in [3.63, 3.8) is 0 Å². The zero-order valence-electron chi connectivity index (χ0n) is 20.0. The van der Waals surface area contributed by atoms with Crippen LogP contribution in [-0.4, -0.2) is 29.9 Å². The molecule has 33 heavy (non-hydrogen) atoms. The molecule has 0 amide bonds. The highest BCUT2D eigenvalue weighted by atomic mass is 16.7. The van der Waals surface area contributed by atoms with E-state index in [4.69, 9.17) is 14.2 Å². The molecule has 0 aromatic heterocycles. The van der Waals surface area contributed by atoms with E-state index in [1.807, 2.05) is 6.07 Å². The number of aryl methyl sites for hydroxylation is 1. The van der Waals surface area contributed by atoms with Gasteiger partial charge in [0.15, 0.2) is 17.3 Å². The second-order valence-corrected chi connectivity index (χ2v) is 9.87. The lowest BCUT2D eigenvalue weighted by Gasteiger charge is -2.33. The number of aliphatic hydroxyl groups excluding tert-OH is 1. The topological polar surface area (TPSA) is 65.0 Å². The molecule has 1 aromatic rings. The zero-order valence-corrected chi connectivity index (χ0v) is 20.0. The maximum atomic E-state index is 12.0. The van der Waals surface area contributed by atoms with Gasteiger partial charge in [0.1, 0.15) is 11.9 Å². The maximum Gasteiger partial charge on any atom is 0.231 e. The van der Waals surface area contributed by atoms with Gasteiger partial charge in [-0.25, -0.2) is 0 Å². The predicted octanol–water partition coefficient (Wildman–Crippen LogP) is 6.41. The molecular weight excluding hydrogens is 416 g/mol. The lowest BCUT2D eigenvalue weighted by Crippen LogP contribution is -2.34. The van der Waals surface area contributed by atoms with E-state index in [-0.39, 0.29) is 11.9 Å². The summed E-state index contributed by atoms with van der Waals surface area (Å²) in [7, 11) is 0. The Labute approximate surface area is 198 Å². The average Bonchev–Trinajstić information content (AvgIpc) is 3.27. The molecule has 0 spiro atoms. The monoisotopic (exact) mass is 456 g/mol. The molecule has 0 unspecified atom stereocenters. The van der Waals surface area contributed by atoms with Crippen molar-refractivity contribution in [2.45, 2.75) is 115 Å². The summed E-state index contributed by atoms with van der Waals surface area (Å²) in [6.07, 6.45) is 17.3. The first-order valence-electron chi connectivity index (χ1n) is 13.2. The van der Waals surface area contributed by atoms with Gasteiger partial charge in [-0.2, -0.15) is 0 Å². The van der Waals surface area contributed by atoms with Crippen LogP contribution in [0.15, 0.2) is 29.5 Å². The molecule has 1 N–H and O–H groups in total. The fourth-order valence-corrected chi connectivity index (χ4v) is 5.33. The van der Waals surface area contributed by atoms with Crippen LogP contribution in [0.4, 0.5) is 0 Å². The van der Waals surface area contributed by atoms with Gasteiger partial charge >= 0.3 is 0 Å². The number of ketones is 1. The number of allylic oxidation sites excluding steroid dienone is 1. The van der Waals surface area contributed by atoms with E-state index in [1.54, 1.807) is 0 Å². The summed E-state index contributed by atoms with van der Waals surface area (Å²) in [5.41, 5.74) is 1.92. The molecule has 1 aromatic carbocycles. The van der Waals surface area contributed by atoms with Crippen molar-refractivity contribution >= 4 is 5.78 Å². The van der Waals surface area contributed by atoms with Crippen molar-refractivity contribution in [1.82, 2.24) is 0 Å². The Bertz CT molecular complexity index is 815.